The van der Waals surface area contributed by atoms with Crippen LogP contribution in [0.2, 0.25) is 0 Å². The molecule has 0 atom stereocenters. The Balaban J connectivity index is 1.90. The molecule has 1 aliphatic rings. The van der Waals surface area contributed by atoms with Crippen molar-refractivity contribution in [3.8, 4) is 5.75 Å². The van der Waals surface area contributed by atoms with Gasteiger partial charge in [-0.2, -0.15) is 0 Å². The lowest BCUT2D eigenvalue weighted by Crippen LogP contribution is -2.27. The Morgan fingerprint density at radius 3 is 2.42 bits per heavy atom. The lowest BCUT2D eigenvalue weighted by Gasteiger charge is -2.15. The van der Waals surface area contributed by atoms with Crippen molar-refractivity contribution >= 4 is 46.0 Å². The van der Waals surface area contributed by atoms with Crippen LogP contribution in [0.1, 0.15) is 16.7 Å². The van der Waals surface area contributed by atoms with Gasteiger partial charge in [-0.1, -0.05) is 42.2 Å². The van der Waals surface area contributed by atoms with Crippen molar-refractivity contribution in [1.82, 2.24) is 0 Å². The summed E-state index contributed by atoms with van der Waals surface area (Å²) in [5.41, 5.74) is 4.09. The lowest BCUT2D eigenvalue weighted by atomic mass is 10.1. The molecule has 0 aliphatic carbocycles. The number of rotatable bonds is 3. The molecule has 2 aromatic rings. The maximum absolute atomic E-state index is 12.8. The number of benzene rings is 2. The van der Waals surface area contributed by atoms with Crippen molar-refractivity contribution < 1.29 is 9.53 Å². The predicted molar refractivity (Wildman–Crippen MR) is 105 cm³/mol. The quantitative estimate of drug-likeness (QED) is 0.589. The predicted octanol–water partition coefficient (Wildman–Crippen LogP) is 4.72. The summed E-state index contributed by atoms with van der Waals surface area (Å²) in [5, 5.41) is 0. The van der Waals surface area contributed by atoms with E-state index in [1.807, 2.05) is 62.4 Å². The monoisotopic (exact) mass is 355 g/mol. The summed E-state index contributed by atoms with van der Waals surface area (Å²) >= 11 is 6.74. The Hall–Kier alpha value is -2.11. The summed E-state index contributed by atoms with van der Waals surface area (Å²) in [5.74, 6) is 0.707. The molecule has 0 aromatic heterocycles. The summed E-state index contributed by atoms with van der Waals surface area (Å²) in [7, 11) is 1.63. The third-order valence-electron chi connectivity index (χ3n) is 3.96. The van der Waals surface area contributed by atoms with Crippen LogP contribution in [-0.4, -0.2) is 17.3 Å². The van der Waals surface area contributed by atoms with Gasteiger partial charge in [-0.15, -0.1) is 0 Å². The number of methoxy groups -OCH3 is 1. The van der Waals surface area contributed by atoms with Crippen LogP contribution in [0, 0.1) is 13.8 Å². The van der Waals surface area contributed by atoms with Crippen molar-refractivity contribution in [3.05, 3.63) is 64.1 Å². The number of nitrogens with zero attached hydrogens (tertiary/aromatic N) is 1. The molecule has 3 rings (SSSR count). The second kappa shape index (κ2) is 6.79. The minimum absolute atomic E-state index is 0.0796. The number of thioether (sulfide) groups is 1. The van der Waals surface area contributed by atoms with Gasteiger partial charge in [0, 0.05) is 0 Å². The van der Waals surface area contributed by atoms with E-state index in [-0.39, 0.29) is 5.91 Å². The Bertz CT molecular complexity index is 841. The smallest absolute Gasteiger partial charge is 0.270 e. The topological polar surface area (TPSA) is 29.5 Å². The lowest BCUT2D eigenvalue weighted by molar-refractivity contribution is -0.113. The van der Waals surface area contributed by atoms with Gasteiger partial charge in [0.1, 0.15) is 5.75 Å². The highest BCUT2D eigenvalue weighted by Gasteiger charge is 2.33. The fraction of sp³-hybridized carbons (Fsp3) is 0.158. The number of anilines is 1. The van der Waals surface area contributed by atoms with E-state index in [1.165, 1.54) is 17.3 Å². The summed E-state index contributed by atoms with van der Waals surface area (Å²) in [6.07, 6.45) is 1.86. The zero-order chi connectivity index (χ0) is 17.3. The van der Waals surface area contributed by atoms with Gasteiger partial charge in [0.15, 0.2) is 4.32 Å². The van der Waals surface area contributed by atoms with Gasteiger partial charge in [0.2, 0.25) is 0 Å². The molecule has 0 spiro atoms. The fourth-order valence-corrected chi connectivity index (χ4v) is 3.71. The third kappa shape index (κ3) is 3.23. The highest BCUT2D eigenvalue weighted by atomic mass is 32.2. The largest absolute Gasteiger partial charge is 0.497 e. The van der Waals surface area contributed by atoms with Gasteiger partial charge in [-0.3, -0.25) is 9.69 Å². The fourth-order valence-electron chi connectivity index (χ4n) is 2.41. The van der Waals surface area contributed by atoms with Crippen LogP contribution < -0.4 is 9.64 Å². The molecule has 1 aliphatic heterocycles. The maximum atomic E-state index is 12.8. The van der Waals surface area contributed by atoms with Crippen molar-refractivity contribution in [3.63, 3.8) is 0 Å². The summed E-state index contributed by atoms with van der Waals surface area (Å²) in [6.45, 7) is 4.08. The van der Waals surface area contributed by atoms with Crippen LogP contribution in [0.15, 0.2) is 47.4 Å². The van der Waals surface area contributed by atoms with Gasteiger partial charge >= 0.3 is 0 Å². The number of carbonyl (C=O) groups is 1. The van der Waals surface area contributed by atoms with Gasteiger partial charge in [0.05, 0.1) is 17.7 Å². The average molecular weight is 355 g/mol. The zero-order valence-electron chi connectivity index (χ0n) is 13.7. The summed E-state index contributed by atoms with van der Waals surface area (Å²) in [6, 6.07) is 13.5. The minimum Gasteiger partial charge on any atom is -0.497 e. The van der Waals surface area contributed by atoms with Crippen LogP contribution in [-0.2, 0) is 4.79 Å². The second-order valence-corrected chi connectivity index (χ2v) is 7.23. The normalized spacial score (nSPS) is 16.1. The molecule has 0 N–H and O–H groups in total. The number of ether oxygens (including phenoxy) is 1. The minimum atomic E-state index is -0.0796. The van der Waals surface area contributed by atoms with Gasteiger partial charge < -0.3 is 4.74 Å². The molecule has 0 unspecified atom stereocenters. The first-order valence-corrected chi connectivity index (χ1v) is 8.71. The molecule has 1 amide bonds. The Labute approximate surface area is 151 Å². The van der Waals surface area contributed by atoms with Crippen molar-refractivity contribution in [2.45, 2.75) is 13.8 Å². The van der Waals surface area contributed by atoms with E-state index in [0.29, 0.717) is 9.23 Å². The molecular formula is C19H17NO2S2. The number of hydrogen-bond acceptors (Lipinski definition) is 4. The zero-order valence-corrected chi connectivity index (χ0v) is 15.3. The standard InChI is InChI=1S/C19H17NO2S2/c1-12-4-7-15(10-13(12)2)20-18(21)17(24-19(20)23)11-14-5-8-16(22-3)9-6-14/h4-11H,1-3H3/b17-11+. The highest BCUT2D eigenvalue weighted by Crippen LogP contribution is 2.36. The molecule has 1 saturated heterocycles. The molecular weight excluding hydrogens is 338 g/mol. The molecule has 1 fully saturated rings. The molecule has 122 valence electrons. The van der Waals surface area contributed by atoms with Gasteiger partial charge in [-0.25, -0.2) is 0 Å². The summed E-state index contributed by atoms with van der Waals surface area (Å²) < 4.78 is 5.71. The van der Waals surface area contributed by atoms with E-state index >= 15 is 0 Å². The van der Waals surface area contributed by atoms with E-state index in [0.717, 1.165) is 22.6 Å². The molecule has 1 heterocycles. The molecule has 3 nitrogen and oxygen atoms in total. The number of hydrogen-bond donors (Lipinski definition) is 0. The first-order valence-electron chi connectivity index (χ1n) is 7.49. The van der Waals surface area contributed by atoms with E-state index in [9.17, 15) is 4.79 Å². The van der Waals surface area contributed by atoms with E-state index in [2.05, 4.69) is 0 Å². The summed E-state index contributed by atoms with van der Waals surface area (Å²) in [4.78, 5) is 15.0. The van der Waals surface area contributed by atoms with Crippen LogP contribution in [0.4, 0.5) is 5.69 Å². The molecule has 0 radical (unpaired) electrons. The Morgan fingerprint density at radius 1 is 1.08 bits per heavy atom. The molecule has 24 heavy (non-hydrogen) atoms. The van der Waals surface area contributed by atoms with Crippen LogP contribution in [0.5, 0.6) is 5.75 Å². The Morgan fingerprint density at radius 2 is 1.79 bits per heavy atom. The van der Waals surface area contributed by atoms with Crippen LogP contribution in [0.3, 0.4) is 0 Å². The van der Waals surface area contributed by atoms with Gasteiger partial charge in [0.25, 0.3) is 5.91 Å². The van der Waals surface area contributed by atoms with Crippen molar-refractivity contribution in [2.24, 2.45) is 0 Å². The van der Waals surface area contributed by atoms with Crippen molar-refractivity contribution in [2.75, 3.05) is 12.0 Å². The first kappa shape index (κ1) is 16.7. The van der Waals surface area contributed by atoms with Gasteiger partial charge in [-0.05, 0) is 60.9 Å². The highest BCUT2D eigenvalue weighted by molar-refractivity contribution is 8.27. The molecule has 0 bridgehead atoms. The first-order chi connectivity index (χ1) is 11.5. The Kier molecular flexibility index (Phi) is 4.73. The van der Waals surface area contributed by atoms with Crippen LogP contribution in [0.25, 0.3) is 6.08 Å². The van der Waals surface area contributed by atoms with E-state index < -0.39 is 0 Å². The van der Waals surface area contributed by atoms with Crippen molar-refractivity contribution in [1.29, 1.82) is 0 Å². The molecule has 2 aromatic carbocycles. The van der Waals surface area contributed by atoms with E-state index in [4.69, 9.17) is 17.0 Å². The number of amides is 1. The number of carbonyl (C=O) groups excluding carboxylic acids is 1. The molecule has 0 saturated carbocycles. The number of thiocarbonyl (C=S) groups is 1. The second-order valence-electron chi connectivity index (χ2n) is 5.56. The average Bonchev–Trinajstić information content (AvgIpc) is 2.85. The SMILES string of the molecule is COc1ccc(/C=C2/SC(=S)N(c3ccc(C)c(C)c3)C2=O)cc1. The van der Waals surface area contributed by atoms with Crippen LogP contribution >= 0.6 is 24.0 Å². The third-order valence-corrected chi connectivity index (χ3v) is 5.26. The van der Waals surface area contributed by atoms with E-state index in [1.54, 1.807) is 12.0 Å². The maximum Gasteiger partial charge on any atom is 0.270 e. The number of aryl methyl sites for hydroxylation is 2. The molecule has 5 heteroatoms.